The number of halogens is 6. The van der Waals surface area contributed by atoms with Gasteiger partial charge in [-0.05, 0) is 85.3 Å². The molecule has 1 saturated carbocycles. The van der Waals surface area contributed by atoms with E-state index in [-0.39, 0.29) is 23.2 Å². The van der Waals surface area contributed by atoms with Crippen LogP contribution in [0.4, 0.5) is 28.9 Å². The number of aromatic hydroxyl groups is 1. The number of allylic oxidation sites excluding steroid dienone is 2. The molecule has 3 aromatic carbocycles. The average Bonchev–Trinajstić information content (AvgIpc) is 3.39. The summed E-state index contributed by atoms with van der Waals surface area (Å²) in [5.74, 6) is -9.71. The topological polar surface area (TPSA) is 104 Å². The molecule has 2 aliphatic heterocycles. The van der Waals surface area contributed by atoms with Crippen LogP contribution in [-0.2, 0) is 25.6 Å². The second-order valence-corrected chi connectivity index (χ2v) is 13.8. The third-order valence-corrected chi connectivity index (χ3v) is 11.5. The van der Waals surface area contributed by atoms with E-state index in [1.807, 2.05) is 6.92 Å². The number of carbonyl (C=O) groups excluding carboxylic acids is 4. The monoisotopic (exact) mass is 716 g/mol. The van der Waals surface area contributed by atoms with Gasteiger partial charge >= 0.3 is 6.36 Å². The van der Waals surface area contributed by atoms with Gasteiger partial charge < -0.3 is 9.84 Å². The van der Waals surface area contributed by atoms with Crippen LogP contribution in [0.5, 0.6) is 11.5 Å². The van der Waals surface area contributed by atoms with Gasteiger partial charge in [-0.15, -0.1) is 36.4 Å². The number of amides is 4. The molecule has 2 saturated heterocycles. The summed E-state index contributed by atoms with van der Waals surface area (Å²) in [5.41, 5.74) is 1.17. The quantitative estimate of drug-likeness (QED) is 0.136. The summed E-state index contributed by atoms with van der Waals surface area (Å²) in [7, 11) is 0. The van der Waals surface area contributed by atoms with Crippen molar-refractivity contribution in [2.45, 2.75) is 48.2 Å². The number of imide groups is 2. The first-order chi connectivity index (χ1) is 23.1. The summed E-state index contributed by atoms with van der Waals surface area (Å²) >= 11 is 14.5. The molecule has 2 aliphatic carbocycles. The number of ether oxygens (including phenoxy) is 1. The molecule has 3 fully saturated rings. The Kier molecular flexibility index (Phi) is 7.64. The molecule has 3 aromatic rings. The summed E-state index contributed by atoms with van der Waals surface area (Å²) in [5, 5.41) is 11.1. The third-order valence-electron chi connectivity index (χ3n) is 10.0. The van der Waals surface area contributed by atoms with Crippen LogP contribution in [0.2, 0.25) is 0 Å². The van der Waals surface area contributed by atoms with Gasteiger partial charge in [0.15, 0.2) is 9.75 Å². The van der Waals surface area contributed by atoms with E-state index in [2.05, 4.69) is 4.74 Å². The lowest BCUT2D eigenvalue weighted by molar-refractivity contribution is -0.274. The fourth-order valence-corrected chi connectivity index (χ4v) is 8.77. The molecule has 7 rings (SSSR count). The van der Waals surface area contributed by atoms with E-state index in [4.69, 9.17) is 23.2 Å². The van der Waals surface area contributed by atoms with Crippen molar-refractivity contribution in [3.63, 3.8) is 0 Å². The van der Waals surface area contributed by atoms with Crippen molar-refractivity contribution < 1.29 is 46.6 Å². The highest BCUT2D eigenvalue weighted by molar-refractivity contribution is 6.58. The normalized spacial score (nSPS) is 29.5. The SMILES string of the molecule is CCc1ccc(N2C(=O)[C@H]3[C@H](CC=C4[C@H]3C[C@@]3(Cl)C(=O)N(c5ccc(F)cc5)C(=O)[C@@]3(Cl)[C@H]4c3cc(OC(F)(F)F)ccc3O)C2=O)cc1. The minimum Gasteiger partial charge on any atom is -0.508 e. The van der Waals surface area contributed by atoms with E-state index in [9.17, 15) is 41.8 Å². The van der Waals surface area contributed by atoms with Gasteiger partial charge in [-0.2, -0.15) is 0 Å². The molecule has 0 aromatic heterocycles. The van der Waals surface area contributed by atoms with Gasteiger partial charge in [0.05, 0.1) is 23.2 Å². The smallest absolute Gasteiger partial charge is 0.508 e. The minimum atomic E-state index is -5.12. The molecule has 0 bridgehead atoms. The molecule has 49 heavy (non-hydrogen) atoms. The van der Waals surface area contributed by atoms with E-state index < -0.39 is 87.1 Å². The average molecular weight is 717 g/mol. The minimum absolute atomic E-state index is 0.00725. The van der Waals surface area contributed by atoms with Crippen molar-refractivity contribution >= 4 is 58.2 Å². The molecule has 0 unspecified atom stereocenters. The molecule has 6 atom stereocenters. The van der Waals surface area contributed by atoms with Crippen LogP contribution in [0.3, 0.4) is 0 Å². The van der Waals surface area contributed by atoms with Crippen molar-refractivity contribution in [3.05, 3.63) is 95.3 Å². The predicted octanol–water partition coefficient (Wildman–Crippen LogP) is 6.76. The number of rotatable bonds is 5. The fraction of sp³-hybridized carbons (Fsp3) is 0.314. The molecular formula is C35H26Cl2F4N2O6. The Bertz CT molecular complexity index is 1950. The second kappa shape index (κ2) is 11.3. The maximum atomic E-state index is 14.4. The molecule has 4 aliphatic rings. The van der Waals surface area contributed by atoms with Crippen LogP contribution in [0.15, 0.2) is 78.4 Å². The van der Waals surface area contributed by atoms with Crippen LogP contribution in [-0.4, -0.2) is 44.8 Å². The lowest BCUT2D eigenvalue weighted by atomic mass is 9.56. The number of nitrogens with zero attached hydrogens (tertiary/aromatic N) is 2. The van der Waals surface area contributed by atoms with Gasteiger partial charge in [0.1, 0.15) is 17.3 Å². The Morgan fingerprint density at radius 3 is 2.14 bits per heavy atom. The highest BCUT2D eigenvalue weighted by Gasteiger charge is 2.77. The van der Waals surface area contributed by atoms with E-state index in [0.717, 1.165) is 59.3 Å². The van der Waals surface area contributed by atoms with Crippen LogP contribution in [0.25, 0.3) is 0 Å². The number of benzene rings is 3. The largest absolute Gasteiger partial charge is 0.573 e. The first kappa shape index (κ1) is 33.1. The van der Waals surface area contributed by atoms with Crippen molar-refractivity contribution in [1.82, 2.24) is 0 Å². The van der Waals surface area contributed by atoms with E-state index in [1.54, 1.807) is 30.3 Å². The number of phenols is 1. The third kappa shape index (κ3) is 4.85. The van der Waals surface area contributed by atoms with Gasteiger partial charge in [0, 0.05) is 11.5 Å². The lowest BCUT2D eigenvalue weighted by Crippen LogP contribution is -2.60. The van der Waals surface area contributed by atoms with Crippen LogP contribution in [0.1, 0.15) is 36.8 Å². The van der Waals surface area contributed by atoms with Crippen molar-refractivity contribution in [3.8, 4) is 11.5 Å². The van der Waals surface area contributed by atoms with Crippen LogP contribution < -0.4 is 14.5 Å². The molecule has 2 heterocycles. The maximum Gasteiger partial charge on any atom is 0.573 e. The maximum absolute atomic E-state index is 14.4. The zero-order valence-corrected chi connectivity index (χ0v) is 27.0. The number of hydrogen-bond donors (Lipinski definition) is 1. The fourth-order valence-electron chi connectivity index (χ4n) is 7.84. The Hall–Kier alpha value is -4.42. The molecule has 4 amide bonds. The zero-order valence-electron chi connectivity index (χ0n) is 25.5. The Morgan fingerprint density at radius 2 is 1.51 bits per heavy atom. The highest BCUT2D eigenvalue weighted by atomic mass is 35.5. The molecule has 1 N–H and O–H groups in total. The van der Waals surface area contributed by atoms with Gasteiger partial charge in [0.25, 0.3) is 11.8 Å². The number of carbonyl (C=O) groups is 4. The Labute approximate surface area is 286 Å². The number of alkyl halides is 5. The van der Waals surface area contributed by atoms with Gasteiger partial charge in [-0.25, -0.2) is 9.29 Å². The second-order valence-electron chi connectivity index (χ2n) is 12.6. The standard InChI is InChI=1S/C35H26Cl2F4N2O6/c1-2-17-3-7-19(8-4-17)42-29(45)23-13-12-22-25(27(23)30(42)46)16-33(36)31(47)43(20-9-5-18(38)6-10-20)32(48)34(33,37)28(22)24-15-21(11-14-26(24)44)49-35(39,40)41/h3-12,14-15,23,25,27-28,44H,2,13,16H2,1H3/t23-,25+,27-,28+,33+,34-/m0/s1. The molecule has 8 nitrogen and oxygen atoms in total. The summed E-state index contributed by atoms with van der Waals surface area (Å²) < 4.78 is 57.9. The molecular weight excluding hydrogens is 691 g/mol. The number of fused-ring (bicyclic) bond motifs is 4. The zero-order chi connectivity index (χ0) is 35.2. The van der Waals surface area contributed by atoms with Gasteiger partial charge in [-0.3, -0.25) is 24.1 Å². The number of aryl methyl sites for hydroxylation is 1. The van der Waals surface area contributed by atoms with Crippen molar-refractivity contribution in [2.75, 3.05) is 9.80 Å². The van der Waals surface area contributed by atoms with E-state index in [0.29, 0.717) is 10.6 Å². The van der Waals surface area contributed by atoms with Crippen molar-refractivity contribution in [1.29, 1.82) is 0 Å². The molecule has 0 radical (unpaired) electrons. The number of anilines is 2. The van der Waals surface area contributed by atoms with E-state index >= 15 is 0 Å². The molecule has 0 spiro atoms. The predicted molar refractivity (Wildman–Crippen MR) is 170 cm³/mol. The summed E-state index contributed by atoms with van der Waals surface area (Å²) in [4.78, 5) is 53.7. The number of phenolic OH excluding ortho intramolecular Hbond substituents is 1. The number of hydrogen-bond acceptors (Lipinski definition) is 6. The lowest BCUT2D eigenvalue weighted by Gasteiger charge is -2.50. The van der Waals surface area contributed by atoms with Crippen LogP contribution >= 0.6 is 23.2 Å². The summed E-state index contributed by atoms with van der Waals surface area (Å²) in [6.45, 7) is 1.95. The summed E-state index contributed by atoms with van der Waals surface area (Å²) in [6, 6.07) is 13.9. The first-order valence-corrected chi connectivity index (χ1v) is 16.1. The highest BCUT2D eigenvalue weighted by Crippen LogP contribution is 2.66. The van der Waals surface area contributed by atoms with E-state index in [1.165, 1.54) is 0 Å². The Balaban J connectivity index is 1.40. The van der Waals surface area contributed by atoms with Crippen molar-refractivity contribution in [2.24, 2.45) is 17.8 Å². The van der Waals surface area contributed by atoms with Gasteiger partial charge in [0.2, 0.25) is 11.8 Å². The van der Waals surface area contributed by atoms with Crippen LogP contribution in [0, 0.1) is 23.6 Å². The summed E-state index contributed by atoms with van der Waals surface area (Å²) in [6.07, 6.45) is -3.23. The molecule has 254 valence electrons. The molecule has 14 heteroatoms. The van der Waals surface area contributed by atoms with Gasteiger partial charge in [-0.1, -0.05) is 30.7 Å². The first-order valence-electron chi connectivity index (χ1n) is 15.4. The Morgan fingerprint density at radius 1 is 0.878 bits per heavy atom.